The molecule has 0 aromatic heterocycles. The molecular formula is C25H35N3O5. The number of rotatable bonds is 10. The molecule has 180 valence electrons. The van der Waals surface area contributed by atoms with Crippen molar-refractivity contribution in [1.82, 2.24) is 10.2 Å². The van der Waals surface area contributed by atoms with Crippen molar-refractivity contribution < 1.29 is 23.7 Å². The molecule has 1 aliphatic rings. The molecule has 0 unspecified atom stereocenters. The third kappa shape index (κ3) is 6.09. The number of nitrogens with two attached hydrogens (primary N) is 1. The second kappa shape index (κ2) is 11.8. The lowest BCUT2D eigenvalue weighted by Crippen LogP contribution is -2.37. The van der Waals surface area contributed by atoms with Crippen molar-refractivity contribution in [1.29, 1.82) is 0 Å². The summed E-state index contributed by atoms with van der Waals surface area (Å²) in [6.07, 6.45) is 2.92. The number of ether oxygens (including phenoxy) is 4. The number of hydrogen-bond acceptors (Lipinski definition) is 7. The van der Waals surface area contributed by atoms with Gasteiger partial charge in [-0.1, -0.05) is 12.1 Å². The van der Waals surface area contributed by atoms with E-state index in [1.54, 1.807) is 6.07 Å². The Labute approximate surface area is 195 Å². The summed E-state index contributed by atoms with van der Waals surface area (Å²) in [5.41, 5.74) is 7.08. The van der Waals surface area contributed by atoms with Crippen molar-refractivity contribution in [2.24, 2.45) is 11.7 Å². The van der Waals surface area contributed by atoms with Gasteiger partial charge in [-0.15, -0.1) is 0 Å². The number of nitrogens with one attached hydrogen (secondary N) is 1. The van der Waals surface area contributed by atoms with Crippen molar-refractivity contribution in [3.63, 3.8) is 0 Å². The number of hydrogen-bond donors (Lipinski definition) is 2. The van der Waals surface area contributed by atoms with Crippen LogP contribution in [0.5, 0.6) is 28.7 Å². The first kappa shape index (κ1) is 24.7. The molecule has 8 nitrogen and oxygen atoms in total. The maximum absolute atomic E-state index is 13.2. The first-order valence-corrected chi connectivity index (χ1v) is 11.3. The lowest BCUT2D eigenvalue weighted by Gasteiger charge is -2.29. The molecule has 1 amide bonds. The maximum atomic E-state index is 13.2. The van der Waals surface area contributed by atoms with Gasteiger partial charge in [0.05, 0.1) is 26.9 Å². The zero-order chi connectivity index (χ0) is 23.8. The van der Waals surface area contributed by atoms with Crippen LogP contribution in [0.3, 0.4) is 0 Å². The van der Waals surface area contributed by atoms with Gasteiger partial charge >= 0.3 is 0 Å². The van der Waals surface area contributed by atoms with Gasteiger partial charge in [0.2, 0.25) is 11.5 Å². The van der Waals surface area contributed by atoms with Gasteiger partial charge in [0.25, 0.3) is 5.91 Å². The lowest BCUT2D eigenvalue weighted by molar-refractivity contribution is 0.0934. The normalized spacial score (nSPS) is 14.6. The Morgan fingerprint density at radius 3 is 2.24 bits per heavy atom. The van der Waals surface area contributed by atoms with Crippen LogP contribution in [0, 0.1) is 5.92 Å². The number of nitrogens with zero attached hydrogens (tertiary/aromatic N) is 1. The molecule has 0 saturated carbocycles. The molecule has 33 heavy (non-hydrogen) atoms. The van der Waals surface area contributed by atoms with E-state index in [0.29, 0.717) is 53.3 Å². The molecule has 1 aliphatic heterocycles. The Hall–Kier alpha value is -2.97. The standard InChI is InChI=1S/C25H35N3O5/c1-28-13-10-18(11-14-28)16-27-25(29)20-15-21(23(31-3)24(32-4)22(20)30-2)33-19-7-5-17(6-8-19)9-12-26/h5-8,15,18H,9-14,16,26H2,1-4H3,(H,27,29). The van der Waals surface area contributed by atoms with Crippen LogP contribution in [0.4, 0.5) is 0 Å². The molecule has 0 bridgehead atoms. The highest BCUT2D eigenvalue weighted by atomic mass is 16.5. The van der Waals surface area contributed by atoms with Crippen LogP contribution in [0.15, 0.2) is 30.3 Å². The molecule has 1 fully saturated rings. The van der Waals surface area contributed by atoms with E-state index in [-0.39, 0.29) is 5.91 Å². The molecule has 3 N–H and O–H groups in total. The average molecular weight is 458 g/mol. The van der Waals surface area contributed by atoms with Gasteiger partial charge in [0, 0.05) is 12.6 Å². The largest absolute Gasteiger partial charge is 0.492 e. The average Bonchev–Trinajstić information content (AvgIpc) is 2.84. The van der Waals surface area contributed by atoms with E-state index in [1.807, 2.05) is 24.3 Å². The van der Waals surface area contributed by atoms with Crippen LogP contribution in [0.2, 0.25) is 0 Å². The van der Waals surface area contributed by atoms with Gasteiger partial charge in [-0.25, -0.2) is 0 Å². The van der Waals surface area contributed by atoms with Gasteiger partial charge in [-0.2, -0.15) is 0 Å². The van der Waals surface area contributed by atoms with Crippen LogP contribution in [-0.4, -0.2) is 65.4 Å². The third-order valence-corrected chi connectivity index (χ3v) is 5.99. The van der Waals surface area contributed by atoms with Crippen LogP contribution >= 0.6 is 0 Å². The number of amides is 1. The molecule has 0 aliphatic carbocycles. The minimum atomic E-state index is -0.241. The van der Waals surface area contributed by atoms with Gasteiger partial charge in [-0.05, 0) is 69.6 Å². The van der Waals surface area contributed by atoms with Crippen molar-refractivity contribution in [2.45, 2.75) is 19.3 Å². The van der Waals surface area contributed by atoms with Crippen molar-refractivity contribution in [3.8, 4) is 28.7 Å². The number of piperidine rings is 1. The summed E-state index contributed by atoms with van der Waals surface area (Å²) in [5.74, 6) is 2.16. The molecule has 2 aromatic rings. The van der Waals surface area contributed by atoms with E-state index in [4.69, 9.17) is 24.7 Å². The number of carbonyl (C=O) groups excluding carboxylic acids is 1. The fourth-order valence-corrected chi connectivity index (χ4v) is 4.04. The Kier molecular flexibility index (Phi) is 8.79. The molecule has 0 atom stereocenters. The summed E-state index contributed by atoms with van der Waals surface area (Å²) in [6, 6.07) is 9.29. The van der Waals surface area contributed by atoms with Gasteiger partial charge in [-0.3, -0.25) is 4.79 Å². The molecule has 3 rings (SSSR count). The van der Waals surface area contributed by atoms with Gasteiger partial charge < -0.3 is 34.9 Å². The Bertz CT molecular complexity index is 925. The number of benzene rings is 2. The summed E-state index contributed by atoms with van der Waals surface area (Å²) in [7, 11) is 6.65. The first-order chi connectivity index (χ1) is 16.0. The van der Waals surface area contributed by atoms with Gasteiger partial charge in [0.15, 0.2) is 11.5 Å². The fraction of sp³-hybridized carbons (Fsp3) is 0.480. The monoisotopic (exact) mass is 457 g/mol. The van der Waals surface area contributed by atoms with Crippen LogP contribution in [0.25, 0.3) is 0 Å². The van der Waals surface area contributed by atoms with Crippen LogP contribution < -0.4 is 30.0 Å². The Morgan fingerprint density at radius 2 is 1.67 bits per heavy atom. The van der Waals surface area contributed by atoms with Crippen molar-refractivity contribution >= 4 is 5.91 Å². The summed E-state index contributed by atoms with van der Waals surface area (Å²) < 4.78 is 22.8. The summed E-state index contributed by atoms with van der Waals surface area (Å²) >= 11 is 0. The zero-order valence-electron chi connectivity index (χ0n) is 20.0. The molecule has 2 aromatic carbocycles. The number of carbonyl (C=O) groups is 1. The lowest BCUT2D eigenvalue weighted by atomic mass is 9.97. The van der Waals surface area contributed by atoms with Gasteiger partial charge in [0.1, 0.15) is 5.75 Å². The third-order valence-electron chi connectivity index (χ3n) is 5.99. The zero-order valence-corrected chi connectivity index (χ0v) is 20.0. The van der Waals surface area contributed by atoms with E-state index in [1.165, 1.54) is 21.3 Å². The van der Waals surface area contributed by atoms with E-state index in [0.717, 1.165) is 37.9 Å². The molecule has 8 heteroatoms. The quantitative estimate of drug-likeness (QED) is 0.566. The van der Waals surface area contributed by atoms with Crippen molar-refractivity contribution in [3.05, 3.63) is 41.5 Å². The van der Waals surface area contributed by atoms with E-state index < -0.39 is 0 Å². The smallest absolute Gasteiger partial charge is 0.255 e. The molecule has 0 radical (unpaired) electrons. The molecule has 0 spiro atoms. The second-order valence-corrected chi connectivity index (χ2v) is 8.26. The minimum absolute atomic E-state index is 0.241. The van der Waals surface area contributed by atoms with E-state index >= 15 is 0 Å². The predicted octanol–water partition coefficient (Wildman–Crippen LogP) is 3.08. The van der Waals surface area contributed by atoms with Crippen molar-refractivity contribution in [2.75, 3.05) is 54.6 Å². The molecule has 1 heterocycles. The second-order valence-electron chi connectivity index (χ2n) is 8.26. The van der Waals surface area contributed by atoms with E-state index in [9.17, 15) is 4.79 Å². The Balaban J connectivity index is 1.86. The SMILES string of the molecule is COc1c(Oc2ccc(CCN)cc2)cc(C(=O)NCC2CCN(C)CC2)c(OC)c1OC. The molecular weight excluding hydrogens is 422 g/mol. The summed E-state index contributed by atoms with van der Waals surface area (Å²) in [5, 5.41) is 3.06. The highest BCUT2D eigenvalue weighted by Crippen LogP contribution is 2.48. The Morgan fingerprint density at radius 1 is 1.03 bits per heavy atom. The maximum Gasteiger partial charge on any atom is 0.255 e. The fourth-order valence-electron chi connectivity index (χ4n) is 4.04. The highest BCUT2D eigenvalue weighted by Gasteiger charge is 2.26. The van der Waals surface area contributed by atoms with E-state index in [2.05, 4.69) is 17.3 Å². The highest BCUT2D eigenvalue weighted by molar-refractivity contribution is 5.99. The summed E-state index contributed by atoms with van der Waals surface area (Å²) in [6.45, 7) is 3.28. The topological polar surface area (TPSA) is 95.3 Å². The number of likely N-dealkylation sites (tertiary alicyclic amines) is 1. The first-order valence-electron chi connectivity index (χ1n) is 11.3. The predicted molar refractivity (Wildman–Crippen MR) is 128 cm³/mol. The number of methoxy groups -OCH3 is 3. The minimum Gasteiger partial charge on any atom is -0.492 e. The molecule has 1 saturated heterocycles. The van der Waals surface area contributed by atoms with Crippen LogP contribution in [0.1, 0.15) is 28.8 Å². The summed E-state index contributed by atoms with van der Waals surface area (Å²) in [4.78, 5) is 15.5. The van der Waals surface area contributed by atoms with Crippen LogP contribution in [-0.2, 0) is 6.42 Å².